The maximum absolute atomic E-state index is 10.4. The van der Waals surface area contributed by atoms with Gasteiger partial charge in [0.25, 0.3) is 0 Å². The van der Waals surface area contributed by atoms with E-state index in [0.29, 0.717) is 0 Å². The Morgan fingerprint density at radius 1 is 0.221 bits per heavy atom. The minimum Gasteiger partial charge on any atom is -1.00 e. The van der Waals surface area contributed by atoms with Crippen LogP contribution in [0.15, 0.2) is 0 Å². The zero-order valence-electron chi connectivity index (χ0n) is 36.7. The largest absolute Gasteiger partial charge is 3.00 e. The smallest absolute Gasteiger partial charge is 1.00 e. The van der Waals surface area contributed by atoms with Crippen molar-refractivity contribution in [1.82, 2.24) is 29.4 Å². The number of carbonyl (C=O) groups is 12. The molecule has 30 nitrogen and oxygen atoms in total. The first-order valence-corrected chi connectivity index (χ1v) is 17.8. The van der Waals surface area contributed by atoms with E-state index in [4.69, 9.17) is 0 Å². The summed E-state index contributed by atoms with van der Waals surface area (Å²) in [5.74, 6) is -17.7. The second-order valence-electron chi connectivity index (χ2n) is 12.8. The van der Waals surface area contributed by atoms with E-state index in [1.807, 2.05) is 0 Å². The number of nitrogens with zero attached hydrogens (tertiary/aromatic N) is 6. The SMILES string of the molecule is O=C([O-])CN(CCCN(CC(=O)[O-])CC(=O)[O-])CC(=O)[O-].O=C([O-])CN(CCCN(CC(=O)[O-])CC(=O)[O-])CC(=O)[O-].O=C([O-])CN(CCCN(CC(=O)[O-])CC(=O)[O-])CC(=O)[O-].[Fe+3].[Fe+3].[Fe+3].[Fe+3].[H-].[K+]. The number of hydrogen-bond donors (Lipinski definition) is 0. The summed E-state index contributed by atoms with van der Waals surface area (Å²) in [4.78, 5) is 131. The minimum atomic E-state index is -1.47. The first-order chi connectivity index (χ1) is 29.1. The van der Waals surface area contributed by atoms with Gasteiger partial charge in [-0.1, -0.05) is 0 Å². The number of carbonyl (C=O) groups excluding carboxylic acids is 12. The molecule has 4 radical (unpaired) electrons. The molecule has 0 unspecified atom stereocenters. The van der Waals surface area contributed by atoms with Gasteiger partial charge in [0.05, 0.1) is 71.6 Å². The van der Waals surface area contributed by atoms with Crippen LogP contribution in [0.1, 0.15) is 20.7 Å². The number of rotatable bonds is 36. The Bertz CT molecular complexity index is 1200. The molecule has 0 atom stereocenters. The van der Waals surface area contributed by atoms with Gasteiger partial charge >= 0.3 is 120 Å². The summed E-state index contributed by atoms with van der Waals surface area (Å²) in [7, 11) is 0. The van der Waals surface area contributed by atoms with E-state index in [-0.39, 0.29) is 180 Å². The Balaban J connectivity index is -0.000000107. The molecule has 0 amide bonds. The van der Waals surface area contributed by atoms with Crippen LogP contribution in [0.2, 0.25) is 0 Å². The van der Waals surface area contributed by atoms with Crippen LogP contribution in [-0.4, -0.2) is 219 Å². The molecule has 0 spiro atoms. The second kappa shape index (κ2) is 49.1. The van der Waals surface area contributed by atoms with Crippen LogP contribution in [0, 0.1) is 0 Å². The van der Waals surface area contributed by atoms with Gasteiger partial charge in [0.15, 0.2) is 0 Å². The van der Waals surface area contributed by atoms with Crippen molar-refractivity contribution in [2.75, 3.05) is 118 Å². The maximum Gasteiger partial charge on any atom is 3.00 e. The van der Waals surface area contributed by atoms with Gasteiger partial charge in [0.1, 0.15) is 0 Å². The average Bonchev–Trinajstić information content (AvgIpc) is 3.05. The molecule has 382 valence electrons. The fraction of sp³-hybridized carbons (Fsp3) is 0.636. The Morgan fingerprint density at radius 3 is 0.353 bits per heavy atom. The normalized spacial score (nSPS) is 9.97. The molecule has 0 rings (SSSR count). The average molecular weight is 1170 g/mol. The number of carboxylic acid groups (broad SMARTS) is 12. The van der Waals surface area contributed by atoms with Crippen LogP contribution in [0.4, 0.5) is 0 Å². The van der Waals surface area contributed by atoms with Crippen molar-refractivity contribution in [2.45, 2.75) is 19.3 Å². The minimum absolute atomic E-state index is 0. The second-order valence-corrected chi connectivity index (χ2v) is 12.8. The van der Waals surface area contributed by atoms with E-state index in [2.05, 4.69) is 0 Å². The van der Waals surface area contributed by atoms with Gasteiger partial charge in [0, 0.05) is 118 Å². The fourth-order valence-electron chi connectivity index (χ4n) is 5.03. The van der Waals surface area contributed by atoms with Gasteiger partial charge < -0.3 is 120 Å². The maximum atomic E-state index is 10.4. The Morgan fingerprint density at radius 2 is 0.294 bits per heavy atom. The molecule has 0 aliphatic rings. The summed E-state index contributed by atoms with van der Waals surface area (Å²) in [5, 5.41) is 125. The topological polar surface area (TPSA) is 501 Å². The van der Waals surface area contributed by atoms with Gasteiger partial charge in [-0.3, -0.25) is 29.4 Å². The van der Waals surface area contributed by atoms with E-state index in [1.54, 1.807) is 0 Å². The van der Waals surface area contributed by atoms with Crippen molar-refractivity contribution in [3.8, 4) is 0 Å². The zero-order valence-corrected chi connectivity index (χ0v) is 43.3. The third-order valence-corrected chi connectivity index (χ3v) is 7.08. The standard InChI is InChI=1S/3C11H18N2O8.4Fe.K.H/c3*14-8(15)4-12(5-9(16)17)2-1-3-13(6-10(18)19)7-11(20)21;;;;;;/h3*1-7H2,(H,14,15)(H,16,17)(H,18,19)(H,20,21);;;;;;/q;;;4*+3;+1;-1/p-12. The molecule has 0 fully saturated rings. The van der Waals surface area contributed by atoms with Crippen LogP contribution < -0.4 is 113 Å². The van der Waals surface area contributed by atoms with Gasteiger partial charge in [-0.05, 0) is 19.3 Å². The van der Waals surface area contributed by atoms with E-state index < -0.39 is 150 Å². The Labute approximate surface area is 473 Å². The molecule has 0 saturated heterocycles. The summed E-state index contributed by atoms with van der Waals surface area (Å²) < 4.78 is 0. The van der Waals surface area contributed by atoms with E-state index in [1.165, 1.54) is 0 Å². The van der Waals surface area contributed by atoms with Crippen molar-refractivity contribution in [1.29, 1.82) is 0 Å². The Kier molecular flexibility index (Phi) is 59.3. The van der Waals surface area contributed by atoms with Crippen molar-refractivity contribution in [3.63, 3.8) is 0 Å². The molecule has 0 bridgehead atoms. The monoisotopic (exact) mass is 1170 g/mol. The molecule has 35 heteroatoms. The first kappa shape index (κ1) is 82.1. The van der Waals surface area contributed by atoms with Gasteiger partial charge in [-0.25, -0.2) is 0 Å². The predicted octanol–water partition coefficient (Wildman–Crippen LogP) is -24.0. The molecule has 0 aromatic heterocycles. The van der Waals surface area contributed by atoms with Crippen LogP contribution in [0.3, 0.4) is 0 Å². The molecule has 0 aromatic carbocycles. The van der Waals surface area contributed by atoms with Gasteiger partial charge in [0.2, 0.25) is 0 Å². The van der Waals surface area contributed by atoms with Crippen molar-refractivity contribution >= 4 is 71.6 Å². The molecule has 0 N–H and O–H groups in total. The van der Waals surface area contributed by atoms with Gasteiger partial charge in [-0.2, -0.15) is 0 Å². The van der Waals surface area contributed by atoms with E-state index in [9.17, 15) is 119 Å². The molecular formula is C33H43Fe4KN6O24. The summed E-state index contributed by atoms with van der Waals surface area (Å²) in [5.41, 5.74) is 0. The molecule has 0 aliphatic carbocycles. The predicted molar refractivity (Wildman–Crippen MR) is 174 cm³/mol. The molecule has 68 heavy (non-hydrogen) atoms. The van der Waals surface area contributed by atoms with Crippen molar-refractivity contribution in [3.05, 3.63) is 0 Å². The number of hydrogen-bond acceptors (Lipinski definition) is 30. The molecule has 0 saturated carbocycles. The molecule has 0 heterocycles. The molecular weight excluding hydrogens is 1130 g/mol. The van der Waals surface area contributed by atoms with Crippen LogP contribution >= 0.6 is 0 Å². The summed E-state index contributed by atoms with van der Waals surface area (Å²) in [6, 6.07) is 0. The van der Waals surface area contributed by atoms with Crippen LogP contribution in [-0.2, 0) is 126 Å². The fourth-order valence-corrected chi connectivity index (χ4v) is 5.03. The Hall–Kier alpha value is -2.89. The van der Waals surface area contributed by atoms with Crippen LogP contribution in [0.25, 0.3) is 0 Å². The third kappa shape index (κ3) is 61.1. The molecule has 0 aromatic rings. The van der Waals surface area contributed by atoms with Crippen molar-refractivity contribution in [2.24, 2.45) is 0 Å². The number of aliphatic carboxylic acids is 12. The van der Waals surface area contributed by atoms with Gasteiger partial charge in [-0.15, -0.1) is 0 Å². The quantitative estimate of drug-likeness (QED) is 0.0526. The van der Waals surface area contributed by atoms with Crippen LogP contribution in [0.5, 0.6) is 0 Å². The third-order valence-electron chi connectivity index (χ3n) is 7.08. The number of carboxylic acids is 12. The van der Waals surface area contributed by atoms with Crippen molar-refractivity contribution < 1.29 is 240 Å². The zero-order chi connectivity index (χ0) is 49.2. The summed E-state index contributed by atoms with van der Waals surface area (Å²) in [6.07, 6.45) is 0.420. The summed E-state index contributed by atoms with van der Waals surface area (Å²) in [6.45, 7) is -7.65. The van der Waals surface area contributed by atoms with E-state index in [0.717, 1.165) is 29.4 Å². The van der Waals surface area contributed by atoms with E-state index >= 15 is 0 Å². The summed E-state index contributed by atoms with van der Waals surface area (Å²) >= 11 is 0. The first-order valence-electron chi connectivity index (χ1n) is 17.8. The molecule has 0 aliphatic heterocycles.